The van der Waals surface area contributed by atoms with E-state index in [-0.39, 0.29) is 23.5 Å². The van der Waals surface area contributed by atoms with Gasteiger partial charge in [0.2, 0.25) is 0 Å². The molecule has 2 nitrogen and oxygen atoms in total. The van der Waals surface area contributed by atoms with Crippen LogP contribution in [-0.4, -0.2) is 24.6 Å². The van der Waals surface area contributed by atoms with Crippen LogP contribution in [0.3, 0.4) is 0 Å². The lowest BCUT2D eigenvalue weighted by Gasteiger charge is -2.34. The Morgan fingerprint density at radius 3 is 2.50 bits per heavy atom. The van der Waals surface area contributed by atoms with E-state index < -0.39 is 0 Å². The Hall–Kier alpha value is -0.830. The van der Waals surface area contributed by atoms with Crippen molar-refractivity contribution in [1.29, 1.82) is 0 Å². The second-order valence-electron chi connectivity index (χ2n) is 5.37. The molecule has 0 aliphatic carbocycles. The fourth-order valence-electron chi connectivity index (χ4n) is 1.83. The zero-order valence-corrected chi connectivity index (χ0v) is 10.1. The minimum atomic E-state index is -0.322. The number of hydrogen-bond donors (Lipinski definition) is 0. The van der Waals surface area contributed by atoms with Crippen molar-refractivity contribution >= 4 is 19.4 Å². The molecule has 16 heavy (non-hydrogen) atoms. The highest BCUT2D eigenvalue weighted by atomic mass is 19.1. The molecule has 1 aliphatic heterocycles. The zero-order valence-electron chi connectivity index (χ0n) is 10.1. The van der Waals surface area contributed by atoms with Crippen LogP contribution in [0, 0.1) is 5.82 Å². The summed E-state index contributed by atoms with van der Waals surface area (Å²) in [7, 11) is 2.11. The molecule has 1 aliphatic rings. The van der Waals surface area contributed by atoms with E-state index in [1.807, 2.05) is 0 Å². The third-order valence-electron chi connectivity index (χ3n) is 3.60. The van der Waals surface area contributed by atoms with Gasteiger partial charge in [0.05, 0.1) is 6.20 Å². The molecule has 0 bridgehead atoms. The number of pyridine rings is 1. The summed E-state index contributed by atoms with van der Waals surface area (Å²) < 4.78 is 19.0. The Kier molecular flexibility index (Phi) is 2.61. The van der Waals surface area contributed by atoms with Crippen LogP contribution in [0.25, 0.3) is 0 Å². The van der Waals surface area contributed by atoms with Crippen molar-refractivity contribution < 1.29 is 9.04 Å². The van der Waals surface area contributed by atoms with Gasteiger partial charge in [0.15, 0.2) is 0 Å². The van der Waals surface area contributed by atoms with Crippen molar-refractivity contribution in [2.75, 3.05) is 0 Å². The van der Waals surface area contributed by atoms with E-state index in [0.29, 0.717) is 0 Å². The predicted octanol–water partition coefficient (Wildman–Crippen LogP) is 1.63. The standard InChI is InChI=1S/C11H15B2FNO/c1-10(2)11(3,4)16-13(12-10)8-5-9(14)7-15-6-8/h5-7H,1-4H3. The number of hydrogen-bond acceptors (Lipinski definition) is 2. The van der Waals surface area contributed by atoms with Crippen molar-refractivity contribution in [1.82, 2.24) is 4.98 Å². The summed E-state index contributed by atoms with van der Waals surface area (Å²) in [4.78, 5) is 3.85. The molecular formula is C11H15B2FNO. The van der Waals surface area contributed by atoms with Crippen LogP contribution >= 0.6 is 0 Å². The molecule has 0 N–H and O–H groups in total. The minimum Gasteiger partial charge on any atom is -0.435 e. The molecule has 0 unspecified atom stereocenters. The van der Waals surface area contributed by atoms with Gasteiger partial charge in [-0.25, -0.2) is 4.39 Å². The molecule has 1 radical (unpaired) electrons. The average molecular weight is 218 g/mol. The van der Waals surface area contributed by atoms with Gasteiger partial charge in [-0.15, -0.1) is 0 Å². The smallest absolute Gasteiger partial charge is 0.281 e. The van der Waals surface area contributed by atoms with E-state index in [9.17, 15) is 4.39 Å². The normalized spacial score (nSPS) is 21.9. The van der Waals surface area contributed by atoms with E-state index in [1.54, 1.807) is 6.20 Å². The number of rotatable bonds is 1. The lowest BCUT2D eigenvalue weighted by Crippen LogP contribution is -2.37. The summed E-state index contributed by atoms with van der Waals surface area (Å²) in [6, 6.07) is 1.48. The molecule has 0 saturated carbocycles. The molecule has 0 spiro atoms. The molecule has 1 aromatic heterocycles. The van der Waals surface area contributed by atoms with Crippen molar-refractivity contribution in [3.8, 4) is 0 Å². The zero-order chi connectivity index (χ0) is 12.0. The summed E-state index contributed by atoms with van der Waals surface area (Å²) in [5.74, 6) is -0.322. The summed E-state index contributed by atoms with van der Waals surface area (Å²) in [5.41, 5.74) is 0.530. The van der Waals surface area contributed by atoms with E-state index in [2.05, 4.69) is 39.8 Å². The van der Waals surface area contributed by atoms with Gasteiger partial charge < -0.3 is 4.65 Å². The monoisotopic (exact) mass is 218 g/mol. The second kappa shape index (κ2) is 3.59. The fourth-order valence-corrected chi connectivity index (χ4v) is 1.83. The first kappa shape index (κ1) is 11.6. The van der Waals surface area contributed by atoms with Crippen molar-refractivity contribution in [3.63, 3.8) is 0 Å². The maximum atomic E-state index is 13.1. The van der Waals surface area contributed by atoms with E-state index in [0.717, 1.165) is 5.46 Å². The summed E-state index contributed by atoms with van der Waals surface area (Å²) in [6.07, 6.45) is 2.86. The Balaban J connectivity index is 2.27. The molecule has 83 valence electrons. The Labute approximate surface area is 96.9 Å². The quantitative estimate of drug-likeness (QED) is 0.668. The minimum absolute atomic E-state index is 0.0377. The molecule has 0 atom stereocenters. The van der Waals surface area contributed by atoms with Crippen molar-refractivity contribution in [3.05, 3.63) is 24.3 Å². The van der Waals surface area contributed by atoms with Crippen molar-refractivity contribution in [2.24, 2.45) is 0 Å². The average Bonchev–Trinajstić information content (AvgIpc) is 2.36. The van der Waals surface area contributed by atoms with Crippen LogP contribution < -0.4 is 5.46 Å². The highest BCUT2D eigenvalue weighted by Crippen LogP contribution is 2.45. The molecule has 5 heteroatoms. The topological polar surface area (TPSA) is 22.1 Å². The lowest BCUT2D eigenvalue weighted by atomic mass is 9.23. The number of halogens is 1. The summed E-state index contributed by atoms with van der Waals surface area (Å²) in [5, 5.41) is -0.0377. The summed E-state index contributed by atoms with van der Waals surface area (Å²) in [6.45, 7) is 8.18. The first-order chi connectivity index (χ1) is 7.32. The Morgan fingerprint density at radius 2 is 2.00 bits per heavy atom. The van der Waals surface area contributed by atoms with Gasteiger partial charge in [-0.05, 0) is 30.7 Å². The van der Waals surface area contributed by atoms with Crippen LogP contribution in [0.15, 0.2) is 18.5 Å². The fraction of sp³-hybridized carbons (Fsp3) is 0.545. The molecule has 0 amide bonds. The van der Waals surface area contributed by atoms with Gasteiger partial charge in [-0.2, -0.15) is 0 Å². The van der Waals surface area contributed by atoms with Crippen LogP contribution in [-0.2, 0) is 4.65 Å². The highest BCUT2D eigenvalue weighted by molar-refractivity contribution is 7.17. The molecular weight excluding hydrogens is 203 g/mol. The molecule has 0 aromatic carbocycles. The van der Waals surface area contributed by atoms with Crippen LogP contribution in [0.1, 0.15) is 27.7 Å². The lowest BCUT2D eigenvalue weighted by molar-refractivity contribution is 0.0881. The maximum absolute atomic E-state index is 13.1. The highest BCUT2D eigenvalue weighted by Gasteiger charge is 2.50. The van der Waals surface area contributed by atoms with E-state index >= 15 is 0 Å². The van der Waals surface area contributed by atoms with Crippen LogP contribution in [0.5, 0.6) is 0 Å². The Morgan fingerprint density at radius 1 is 1.31 bits per heavy atom. The SMILES string of the molecule is CC1(C)[B]B(c2cncc(F)c2)OC1(C)C. The second-order valence-corrected chi connectivity index (χ2v) is 5.37. The van der Waals surface area contributed by atoms with E-state index in [4.69, 9.17) is 4.65 Å². The molecule has 1 saturated heterocycles. The van der Waals surface area contributed by atoms with Gasteiger partial charge in [-0.3, -0.25) is 4.98 Å². The Bertz CT molecular complexity index is 393. The van der Waals surface area contributed by atoms with Crippen LogP contribution in [0.2, 0.25) is 5.31 Å². The maximum Gasteiger partial charge on any atom is 0.281 e. The first-order valence-corrected chi connectivity index (χ1v) is 5.46. The van der Waals surface area contributed by atoms with E-state index in [1.165, 1.54) is 12.3 Å². The van der Waals surface area contributed by atoms with Gasteiger partial charge >= 0.3 is 0 Å². The first-order valence-electron chi connectivity index (χ1n) is 5.46. The van der Waals surface area contributed by atoms with Crippen molar-refractivity contribution in [2.45, 2.75) is 38.6 Å². The largest absolute Gasteiger partial charge is 0.435 e. The molecule has 2 heterocycles. The number of nitrogens with zero attached hydrogens (tertiary/aromatic N) is 1. The number of aromatic nitrogens is 1. The van der Waals surface area contributed by atoms with Crippen LogP contribution in [0.4, 0.5) is 4.39 Å². The molecule has 2 rings (SSSR count). The van der Waals surface area contributed by atoms with Gasteiger partial charge in [-0.1, -0.05) is 13.8 Å². The van der Waals surface area contributed by atoms with Gasteiger partial charge in [0, 0.05) is 11.8 Å². The van der Waals surface area contributed by atoms with Gasteiger partial charge in [0.1, 0.15) is 13.0 Å². The molecule has 1 fully saturated rings. The third kappa shape index (κ3) is 1.88. The third-order valence-corrected chi connectivity index (χ3v) is 3.60. The van der Waals surface area contributed by atoms with Gasteiger partial charge in [0.25, 0.3) is 6.81 Å². The molecule has 1 aromatic rings. The predicted molar refractivity (Wildman–Crippen MR) is 64.5 cm³/mol. The summed E-state index contributed by atoms with van der Waals surface area (Å²) >= 11 is 0.